The molecule has 4 aliphatic carbocycles. The Morgan fingerprint density at radius 2 is 1.86 bits per heavy atom. The van der Waals surface area contributed by atoms with E-state index in [1.807, 2.05) is 11.3 Å². The molecule has 0 radical (unpaired) electrons. The van der Waals surface area contributed by atoms with Crippen molar-refractivity contribution in [2.45, 2.75) is 64.3 Å². The van der Waals surface area contributed by atoms with E-state index in [-0.39, 0.29) is 0 Å². The van der Waals surface area contributed by atoms with Crippen LogP contribution >= 0.6 is 11.3 Å². The fourth-order valence-electron chi connectivity index (χ4n) is 6.22. The number of nitrogens with one attached hydrogen (secondary N) is 1. The maximum Gasteiger partial charge on any atom is 0.0127 e. The van der Waals surface area contributed by atoms with Crippen molar-refractivity contribution < 1.29 is 0 Å². The van der Waals surface area contributed by atoms with E-state index in [1.165, 1.54) is 32.1 Å². The Kier molecular flexibility index (Phi) is 3.87. The Morgan fingerprint density at radius 3 is 2.38 bits per heavy atom. The van der Waals surface area contributed by atoms with Gasteiger partial charge in [0, 0.05) is 10.9 Å². The minimum absolute atomic E-state index is 0.655. The lowest BCUT2D eigenvalue weighted by atomic mass is 9.47. The summed E-state index contributed by atoms with van der Waals surface area (Å²) >= 11 is 1.93. The van der Waals surface area contributed by atoms with Crippen molar-refractivity contribution >= 4 is 11.3 Å². The van der Waals surface area contributed by atoms with Crippen LogP contribution in [0.15, 0.2) is 17.5 Å². The molecule has 1 unspecified atom stereocenters. The molecule has 2 heteroatoms. The lowest BCUT2D eigenvalue weighted by Gasteiger charge is -2.59. The monoisotopic (exact) mass is 303 g/mol. The molecule has 0 spiro atoms. The molecule has 1 heterocycles. The zero-order chi connectivity index (χ0) is 14.3. The number of aryl methyl sites for hydroxylation is 1. The molecule has 0 aromatic carbocycles. The van der Waals surface area contributed by atoms with E-state index in [1.54, 1.807) is 24.1 Å². The molecule has 0 amide bonds. The van der Waals surface area contributed by atoms with E-state index < -0.39 is 0 Å². The molecule has 21 heavy (non-hydrogen) atoms. The second-order valence-corrected chi connectivity index (χ2v) is 9.04. The molecule has 4 saturated carbocycles. The van der Waals surface area contributed by atoms with Gasteiger partial charge in [0.2, 0.25) is 0 Å². The van der Waals surface area contributed by atoms with Crippen LogP contribution in [0.25, 0.3) is 0 Å². The molecule has 5 rings (SSSR count). The zero-order valence-corrected chi connectivity index (χ0v) is 14.1. The van der Waals surface area contributed by atoms with Crippen LogP contribution in [-0.2, 0) is 6.42 Å². The number of hydrogen-bond donors (Lipinski definition) is 1. The van der Waals surface area contributed by atoms with Gasteiger partial charge in [0.15, 0.2) is 0 Å². The summed E-state index contributed by atoms with van der Waals surface area (Å²) in [4.78, 5) is 1.57. The summed E-state index contributed by atoms with van der Waals surface area (Å²) < 4.78 is 0. The Morgan fingerprint density at radius 1 is 1.19 bits per heavy atom. The van der Waals surface area contributed by atoms with E-state index in [2.05, 4.69) is 29.8 Å². The van der Waals surface area contributed by atoms with E-state index in [4.69, 9.17) is 0 Å². The van der Waals surface area contributed by atoms with Crippen molar-refractivity contribution in [1.82, 2.24) is 5.32 Å². The van der Waals surface area contributed by atoms with Crippen LogP contribution in [0, 0.1) is 23.2 Å². The lowest BCUT2D eigenvalue weighted by Crippen LogP contribution is -2.56. The van der Waals surface area contributed by atoms with Gasteiger partial charge in [-0.05, 0) is 92.5 Å². The Bertz CT molecular complexity index is 429. The highest BCUT2D eigenvalue weighted by atomic mass is 32.1. The van der Waals surface area contributed by atoms with Gasteiger partial charge in [0.05, 0.1) is 0 Å². The summed E-state index contributed by atoms with van der Waals surface area (Å²) in [5.74, 6) is 3.21. The molecule has 0 aliphatic heterocycles. The summed E-state index contributed by atoms with van der Waals surface area (Å²) in [6.07, 6.45) is 11.9. The summed E-state index contributed by atoms with van der Waals surface area (Å²) in [5, 5.41) is 6.13. The maximum atomic E-state index is 3.91. The highest BCUT2D eigenvalue weighted by molar-refractivity contribution is 7.09. The molecule has 1 atom stereocenters. The first-order valence-corrected chi connectivity index (χ1v) is 9.91. The summed E-state index contributed by atoms with van der Waals surface area (Å²) in [7, 11) is 0. The number of hydrogen-bond acceptors (Lipinski definition) is 2. The van der Waals surface area contributed by atoms with Crippen LogP contribution in [0.4, 0.5) is 0 Å². The fraction of sp³-hybridized carbons (Fsp3) is 0.789. The molecular formula is C19H29NS. The minimum atomic E-state index is 0.655. The molecule has 1 aromatic heterocycles. The average Bonchev–Trinajstić information content (AvgIpc) is 2.95. The number of thiophene rings is 1. The first-order chi connectivity index (χ1) is 10.3. The highest BCUT2D eigenvalue weighted by Crippen LogP contribution is 2.61. The van der Waals surface area contributed by atoms with Crippen LogP contribution in [0.2, 0.25) is 0 Å². The van der Waals surface area contributed by atoms with Crippen molar-refractivity contribution in [2.75, 3.05) is 6.54 Å². The third-order valence-corrected chi connectivity index (χ3v) is 7.47. The Labute approximate surface area is 133 Å². The van der Waals surface area contributed by atoms with Crippen LogP contribution in [0.1, 0.15) is 56.7 Å². The standard InChI is InChI=1S/C19H29NS/c1-2-20-18(6-5-17-4-3-7-21-17)19-11-14-8-15(12-19)10-16(9-14)13-19/h3-4,7,14-16,18,20H,2,5-6,8-13H2,1H3. The minimum Gasteiger partial charge on any atom is -0.314 e. The van der Waals surface area contributed by atoms with Crippen LogP contribution in [-0.4, -0.2) is 12.6 Å². The van der Waals surface area contributed by atoms with Crippen LogP contribution in [0.3, 0.4) is 0 Å². The molecule has 0 saturated heterocycles. The molecule has 1 N–H and O–H groups in total. The topological polar surface area (TPSA) is 12.0 Å². The van der Waals surface area contributed by atoms with Crippen molar-refractivity contribution in [1.29, 1.82) is 0 Å². The first kappa shape index (κ1) is 14.3. The second-order valence-electron chi connectivity index (χ2n) is 8.01. The van der Waals surface area contributed by atoms with E-state index in [0.29, 0.717) is 5.41 Å². The smallest absolute Gasteiger partial charge is 0.0127 e. The zero-order valence-electron chi connectivity index (χ0n) is 13.3. The predicted molar refractivity (Wildman–Crippen MR) is 90.7 cm³/mol. The Hall–Kier alpha value is -0.340. The third-order valence-electron chi connectivity index (χ3n) is 6.53. The molecule has 116 valence electrons. The van der Waals surface area contributed by atoms with Crippen molar-refractivity contribution in [3.8, 4) is 0 Å². The number of rotatable bonds is 6. The lowest BCUT2D eigenvalue weighted by molar-refractivity contribution is -0.0748. The largest absolute Gasteiger partial charge is 0.314 e. The van der Waals surface area contributed by atoms with Crippen molar-refractivity contribution in [2.24, 2.45) is 23.2 Å². The Balaban J connectivity index is 1.50. The molecule has 4 fully saturated rings. The summed E-state index contributed by atoms with van der Waals surface area (Å²) in [6, 6.07) is 5.28. The quantitative estimate of drug-likeness (QED) is 0.790. The molecule has 1 aromatic rings. The van der Waals surface area contributed by atoms with Crippen molar-refractivity contribution in [3.05, 3.63) is 22.4 Å². The SMILES string of the molecule is CCNC(CCc1cccs1)C12CC3CC(CC(C3)C1)C2. The maximum absolute atomic E-state index is 3.91. The molecule has 1 nitrogen and oxygen atoms in total. The summed E-state index contributed by atoms with van der Waals surface area (Å²) in [5.41, 5.74) is 0.655. The van der Waals surface area contributed by atoms with Crippen LogP contribution in [0.5, 0.6) is 0 Å². The average molecular weight is 304 g/mol. The van der Waals surface area contributed by atoms with Gasteiger partial charge < -0.3 is 5.32 Å². The first-order valence-electron chi connectivity index (χ1n) is 9.03. The van der Waals surface area contributed by atoms with Gasteiger partial charge >= 0.3 is 0 Å². The normalized spacial score (nSPS) is 38.8. The van der Waals surface area contributed by atoms with E-state index in [0.717, 1.165) is 30.3 Å². The van der Waals surface area contributed by atoms with E-state index >= 15 is 0 Å². The summed E-state index contributed by atoms with van der Waals surface area (Å²) in [6.45, 7) is 3.43. The van der Waals surface area contributed by atoms with Gasteiger partial charge in [-0.2, -0.15) is 0 Å². The van der Waals surface area contributed by atoms with Gasteiger partial charge in [-0.1, -0.05) is 13.0 Å². The highest BCUT2D eigenvalue weighted by Gasteiger charge is 2.53. The van der Waals surface area contributed by atoms with Gasteiger partial charge in [-0.15, -0.1) is 11.3 Å². The predicted octanol–water partition coefficient (Wildman–Crippen LogP) is 4.88. The van der Waals surface area contributed by atoms with Crippen LogP contribution < -0.4 is 5.32 Å². The second kappa shape index (κ2) is 5.70. The fourth-order valence-corrected chi connectivity index (χ4v) is 6.94. The van der Waals surface area contributed by atoms with Gasteiger partial charge in [-0.25, -0.2) is 0 Å². The van der Waals surface area contributed by atoms with E-state index in [9.17, 15) is 0 Å². The van der Waals surface area contributed by atoms with Gasteiger partial charge in [0.1, 0.15) is 0 Å². The van der Waals surface area contributed by atoms with Gasteiger partial charge in [-0.3, -0.25) is 0 Å². The molecule has 4 bridgehead atoms. The molecule has 4 aliphatic rings. The van der Waals surface area contributed by atoms with Gasteiger partial charge in [0.25, 0.3) is 0 Å². The molecular weight excluding hydrogens is 274 g/mol. The third kappa shape index (κ3) is 2.70. The van der Waals surface area contributed by atoms with Crippen molar-refractivity contribution in [3.63, 3.8) is 0 Å².